The van der Waals surface area contributed by atoms with Gasteiger partial charge in [0.15, 0.2) is 17.5 Å². The summed E-state index contributed by atoms with van der Waals surface area (Å²) in [7, 11) is 0. The summed E-state index contributed by atoms with van der Waals surface area (Å²) in [5.74, 6) is 1.92. The van der Waals surface area contributed by atoms with Crippen LogP contribution in [0.4, 0.5) is 0 Å². The van der Waals surface area contributed by atoms with Crippen molar-refractivity contribution in [1.82, 2.24) is 19.5 Å². The van der Waals surface area contributed by atoms with Crippen molar-refractivity contribution in [3.05, 3.63) is 241 Å². The average Bonchev–Trinajstić information content (AvgIpc) is 3.83. The Bertz CT molecular complexity index is 3300. The molecule has 0 saturated heterocycles. The largest absolute Gasteiger partial charge is 0.309 e. The lowest BCUT2D eigenvalue weighted by atomic mass is 9.67. The first kappa shape index (κ1) is 34.1. The average molecular weight is 765 g/mol. The van der Waals surface area contributed by atoms with E-state index in [4.69, 9.17) is 15.0 Å². The zero-order chi connectivity index (χ0) is 39.6. The van der Waals surface area contributed by atoms with Gasteiger partial charge < -0.3 is 4.57 Å². The molecule has 9 aromatic carbocycles. The maximum Gasteiger partial charge on any atom is 0.164 e. The molecule has 0 radical (unpaired) electrons. The minimum absolute atomic E-state index is 0.512. The fourth-order valence-electron chi connectivity index (χ4n) is 9.69. The highest BCUT2D eigenvalue weighted by molar-refractivity contribution is 6.18. The van der Waals surface area contributed by atoms with Gasteiger partial charge in [-0.05, 0) is 69.1 Å². The van der Waals surface area contributed by atoms with E-state index in [1.165, 1.54) is 60.4 Å². The fraction of sp³-hybridized carbons (Fsp3) is 0.0179. The van der Waals surface area contributed by atoms with Crippen LogP contribution in [-0.2, 0) is 5.41 Å². The molecule has 0 atom stereocenters. The van der Waals surface area contributed by atoms with Gasteiger partial charge in [-0.1, -0.05) is 188 Å². The van der Waals surface area contributed by atoms with Crippen molar-refractivity contribution in [2.24, 2.45) is 0 Å². The second kappa shape index (κ2) is 13.6. The minimum atomic E-state index is -0.512. The second-order valence-electron chi connectivity index (χ2n) is 15.5. The topological polar surface area (TPSA) is 43.6 Å². The zero-order valence-corrected chi connectivity index (χ0v) is 32.6. The summed E-state index contributed by atoms with van der Waals surface area (Å²) < 4.78 is 2.46. The first-order chi connectivity index (χ1) is 29.8. The van der Waals surface area contributed by atoms with Crippen LogP contribution < -0.4 is 0 Å². The molecule has 0 unspecified atom stereocenters. The molecule has 12 rings (SSSR count). The molecule has 0 fully saturated rings. The van der Waals surface area contributed by atoms with Gasteiger partial charge in [-0.3, -0.25) is 0 Å². The van der Waals surface area contributed by atoms with Crippen LogP contribution in [0.1, 0.15) is 22.3 Å². The molecule has 0 aliphatic heterocycles. The summed E-state index contributed by atoms with van der Waals surface area (Å²) >= 11 is 0. The smallest absolute Gasteiger partial charge is 0.164 e. The maximum atomic E-state index is 5.03. The third kappa shape index (κ3) is 5.14. The molecule has 1 aliphatic rings. The summed E-state index contributed by atoms with van der Waals surface area (Å²) in [5, 5.41) is 4.85. The van der Waals surface area contributed by atoms with Crippen molar-refractivity contribution in [2.45, 2.75) is 5.41 Å². The van der Waals surface area contributed by atoms with E-state index in [0.717, 1.165) is 27.9 Å². The monoisotopic (exact) mass is 764 g/mol. The molecule has 0 amide bonds. The fourth-order valence-corrected chi connectivity index (χ4v) is 9.69. The Balaban J connectivity index is 1.10. The number of benzene rings is 9. The number of aromatic nitrogens is 4. The summed E-state index contributed by atoms with van der Waals surface area (Å²) in [6.07, 6.45) is 0. The van der Waals surface area contributed by atoms with E-state index in [1.807, 2.05) is 60.7 Å². The standard InChI is InChI=1S/C56H36N4/c1-4-17-38(18-5-1)53-57-54(39-19-6-2-7-20-39)59-55(58-53)40-28-32-43(33-29-40)60-51-36-42(31-35-47(51)48-34-30-37-16-10-11-23-44(37)52(48)60)56(41-21-8-3-9-22-41)49-26-14-12-24-45(49)46-25-13-15-27-50(46)56/h1-36H. The van der Waals surface area contributed by atoms with Crippen molar-refractivity contribution in [3.8, 4) is 51.0 Å². The highest BCUT2D eigenvalue weighted by atomic mass is 15.0. The lowest BCUT2D eigenvalue weighted by Crippen LogP contribution is -2.28. The van der Waals surface area contributed by atoms with Crippen LogP contribution in [0.3, 0.4) is 0 Å². The van der Waals surface area contributed by atoms with Gasteiger partial charge in [-0.2, -0.15) is 0 Å². The van der Waals surface area contributed by atoms with Crippen LogP contribution in [0.15, 0.2) is 218 Å². The Labute approximate surface area is 347 Å². The highest BCUT2D eigenvalue weighted by Gasteiger charge is 2.46. The van der Waals surface area contributed by atoms with E-state index in [9.17, 15) is 0 Å². The third-order valence-electron chi connectivity index (χ3n) is 12.3. The SMILES string of the molecule is c1ccc(-c2nc(-c3ccccc3)nc(-c3ccc(-n4c5cc(C6(c7ccccc7)c7ccccc7-c7ccccc76)ccc5c5ccc6ccccc6c54)cc3)n2)cc1. The molecule has 2 heterocycles. The van der Waals surface area contributed by atoms with Crippen LogP contribution in [0, 0.1) is 0 Å². The lowest BCUT2D eigenvalue weighted by molar-refractivity contribution is 0.769. The van der Waals surface area contributed by atoms with Crippen molar-refractivity contribution in [3.63, 3.8) is 0 Å². The molecule has 280 valence electrons. The summed E-state index contributed by atoms with van der Waals surface area (Å²) in [6.45, 7) is 0. The minimum Gasteiger partial charge on any atom is -0.309 e. The lowest BCUT2D eigenvalue weighted by Gasteiger charge is -2.34. The van der Waals surface area contributed by atoms with Gasteiger partial charge in [0.1, 0.15) is 0 Å². The van der Waals surface area contributed by atoms with Crippen molar-refractivity contribution in [2.75, 3.05) is 0 Å². The molecule has 1 aliphatic carbocycles. The molecule has 4 heteroatoms. The Hall–Kier alpha value is -7.95. The molecule has 60 heavy (non-hydrogen) atoms. The van der Waals surface area contributed by atoms with Gasteiger partial charge in [0, 0.05) is 38.5 Å². The third-order valence-corrected chi connectivity index (χ3v) is 12.3. The Morgan fingerprint density at radius 2 is 0.850 bits per heavy atom. The molecule has 0 bridgehead atoms. The molecule has 2 aromatic heterocycles. The van der Waals surface area contributed by atoms with Gasteiger partial charge in [0.25, 0.3) is 0 Å². The van der Waals surface area contributed by atoms with Gasteiger partial charge in [0.2, 0.25) is 0 Å². The summed E-state index contributed by atoms with van der Waals surface area (Å²) in [5.41, 5.74) is 13.4. The van der Waals surface area contributed by atoms with Crippen molar-refractivity contribution in [1.29, 1.82) is 0 Å². The van der Waals surface area contributed by atoms with Gasteiger partial charge in [-0.15, -0.1) is 0 Å². The van der Waals surface area contributed by atoms with Crippen LogP contribution >= 0.6 is 0 Å². The van der Waals surface area contributed by atoms with Crippen LogP contribution in [0.2, 0.25) is 0 Å². The van der Waals surface area contributed by atoms with E-state index in [2.05, 4.69) is 162 Å². The predicted octanol–water partition coefficient (Wildman–Crippen LogP) is 13.5. The number of rotatable bonds is 6. The van der Waals surface area contributed by atoms with E-state index in [-0.39, 0.29) is 0 Å². The molecular weight excluding hydrogens is 729 g/mol. The Kier molecular flexibility index (Phi) is 7.72. The molecular formula is C56H36N4. The normalized spacial score (nSPS) is 12.8. The van der Waals surface area contributed by atoms with Crippen LogP contribution in [0.5, 0.6) is 0 Å². The number of nitrogens with zero attached hydrogens (tertiary/aromatic N) is 4. The van der Waals surface area contributed by atoms with Gasteiger partial charge >= 0.3 is 0 Å². The molecule has 0 spiro atoms. The summed E-state index contributed by atoms with van der Waals surface area (Å²) in [6, 6.07) is 78.3. The highest BCUT2D eigenvalue weighted by Crippen LogP contribution is 2.56. The molecule has 0 N–H and O–H groups in total. The van der Waals surface area contributed by atoms with Crippen LogP contribution in [-0.4, -0.2) is 19.5 Å². The number of fused-ring (bicyclic) bond motifs is 8. The Morgan fingerprint density at radius 1 is 0.350 bits per heavy atom. The first-order valence-corrected chi connectivity index (χ1v) is 20.4. The Morgan fingerprint density at radius 3 is 1.47 bits per heavy atom. The second-order valence-corrected chi connectivity index (χ2v) is 15.5. The quantitative estimate of drug-likeness (QED) is 0.169. The predicted molar refractivity (Wildman–Crippen MR) is 245 cm³/mol. The van der Waals surface area contributed by atoms with Gasteiger partial charge in [0.05, 0.1) is 16.4 Å². The van der Waals surface area contributed by atoms with E-state index >= 15 is 0 Å². The van der Waals surface area contributed by atoms with E-state index in [0.29, 0.717) is 17.5 Å². The number of hydrogen-bond donors (Lipinski definition) is 0. The van der Waals surface area contributed by atoms with E-state index in [1.54, 1.807) is 0 Å². The molecule has 11 aromatic rings. The van der Waals surface area contributed by atoms with E-state index < -0.39 is 5.41 Å². The van der Waals surface area contributed by atoms with Gasteiger partial charge in [-0.25, -0.2) is 15.0 Å². The van der Waals surface area contributed by atoms with Crippen molar-refractivity contribution < 1.29 is 0 Å². The zero-order valence-electron chi connectivity index (χ0n) is 32.6. The summed E-state index contributed by atoms with van der Waals surface area (Å²) in [4.78, 5) is 15.0. The van der Waals surface area contributed by atoms with Crippen molar-refractivity contribution >= 4 is 32.6 Å². The maximum absolute atomic E-state index is 5.03. The molecule has 0 saturated carbocycles. The molecule has 4 nitrogen and oxygen atoms in total. The van der Waals surface area contributed by atoms with Crippen LogP contribution in [0.25, 0.3) is 83.6 Å². The number of hydrogen-bond acceptors (Lipinski definition) is 3. The first-order valence-electron chi connectivity index (χ1n) is 20.4.